The van der Waals surface area contributed by atoms with Gasteiger partial charge in [-0.15, -0.1) is 11.3 Å². The number of ether oxygens (including phenoxy) is 1. The molecule has 0 aromatic carbocycles. The SMILES string of the molecule is COC(C)(C)C[C@@H](C)NC(=O)NCc1nc(C(C)(C)C)cs1. The highest BCUT2D eigenvalue weighted by Gasteiger charge is 2.21. The largest absolute Gasteiger partial charge is 0.379 e. The van der Waals surface area contributed by atoms with Gasteiger partial charge in [0.25, 0.3) is 0 Å². The predicted octanol–water partition coefficient (Wildman–Crippen LogP) is 3.44. The van der Waals surface area contributed by atoms with Crippen LogP contribution in [0.1, 0.15) is 58.7 Å². The molecule has 1 rings (SSSR count). The summed E-state index contributed by atoms with van der Waals surface area (Å²) in [6, 6.07) is -0.136. The van der Waals surface area contributed by atoms with E-state index in [0.717, 1.165) is 17.1 Å². The van der Waals surface area contributed by atoms with Crippen molar-refractivity contribution in [1.29, 1.82) is 0 Å². The average Bonchev–Trinajstić information content (AvgIpc) is 2.84. The van der Waals surface area contributed by atoms with E-state index in [1.807, 2.05) is 20.8 Å². The minimum absolute atomic E-state index is 0.0383. The van der Waals surface area contributed by atoms with E-state index in [1.165, 1.54) is 0 Å². The van der Waals surface area contributed by atoms with Crippen LogP contribution < -0.4 is 10.6 Å². The zero-order valence-corrected chi connectivity index (χ0v) is 15.6. The third-order valence-corrected chi connectivity index (χ3v) is 4.30. The first kappa shape index (κ1) is 18.9. The Hall–Kier alpha value is -1.14. The first-order valence-corrected chi connectivity index (χ1v) is 8.46. The van der Waals surface area contributed by atoms with Crippen LogP contribution in [0.2, 0.25) is 0 Å². The fourth-order valence-corrected chi connectivity index (χ4v) is 3.00. The number of hydrogen-bond donors (Lipinski definition) is 2. The first-order valence-electron chi connectivity index (χ1n) is 7.58. The standard InChI is InChI=1S/C16H29N3O2S/c1-11(8-16(5,6)21-7)18-14(20)17-9-13-19-12(10-22-13)15(2,3)4/h10-11H,8-9H2,1-7H3,(H2,17,18,20)/t11-/m1/s1. The third-order valence-electron chi connectivity index (χ3n) is 3.45. The van der Waals surface area contributed by atoms with Gasteiger partial charge in [-0.1, -0.05) is 20.8 Å². The van der Waals surface area contributed by atoms with Crippen molar-refractivity contribution in [2.45, 2.75) is 71.6 Å². The number of urea groups is 1. The Morgan fingerprint density at radius 1 is 1.36 bits per heavy atom. The lowest BCUT2D eigenvalue weighted by Crippen LogP contribution is -2.43. The molecule has 0 radical (unpaired) electrons. The summed E-state index contributed by atoms with van der Waals surface area (Å²) in [5.41, 5.74) is 0.853. The van der Waals surface area contributed by atoms with Crippen LogP contribution in [-0.2, 0) is 16.7 Å². The average molecular weight is 327 g/mol. The molecule has 1 atom stereocenters. The molecule has 0 bridgehead atoms. The molecule has 126 valence electrons. The van der Waals surface area contributed by atoms with Crippen molar-refractivity contribution in [1.82, 2.24) is 15.6 Å². The normalized spacial score (nSPS) is 13.8. The monoisotopic (exact) mass is 327 g/mol. The van der Waals surface area contributed by atoms with Gasteiger partial charge in [-0.25, -0.2) is 9.78 Å². The smallest absolute Gasteiger partial charge is 0.315 e. The molecule has 1 heterocycles. The Morgan fingerprint density at radius 3 is 2.50 bits per heavy atom. The van der Waals surface area contributed by atoms with Gasteiger partial charge in [0.15, 0.2) is 0 Å². The van der Waals surface area contributed by atoms with Crippen LogP contribution in [0, 0.1) is 0 Å². The lowest BCUT2D eigenvalue weighted by molar-refractivity contribution is 0.00950. The molecule has 0 aliphatic rings. The van der Waals surface area contributed by atoms with Gasteiger partial charge in [0.2, 0.25) is 0 Å². The molecule has 0 aliphatic carbocycles. The van der Waals surface area contributed by atoms with Gasteiger partial charge in [-0.3, -0.25) is 0 Å². The van der Waals surface area contributed by atoms with Gasteiger partial charge >= 0.3 is 6.03 Å². The predicted molar refractivity (Wildman–Crippen MR) is 91.4 cm³/mol. The van der Waals surface area contributed by atoms with Crippen LogP contribution >= 0.6 is 11.3 Å². The molecule has 22 heavy (non-hydrogen) atoms. The molecular formula is C16H29N3O2S. The van der Waals surface area contributed by atoms with E-state index >= 15 is 0 Å². The van der Waals surface area contributed by atoms with Gasteiger partial charge in [0.1, 0.15) is 5.01 Å². The minimum atomic E-state index is -0.246. The fourth-order valence-electron chi connectivity index (χ4n) is 2.04. The van der Waals surface area contributed by atoms with Gasteiger partial charge < -0.3 is 15.4 Å². The topological polar surface area (TPSA) is 63.2 Å². The molecule has 0 spiro atoms. The molecule has 1 aromatic rings. The Kier molecular flexibility index (Phi) is 6.38. The van der Waals surface area contributed by atoms with E-state index in [1.54, 1.807) is 18.4 Å². The quantitative estimate of drug-likeness (QED) is 0.841. The summed E-state index contributed by atoms with van der Waals surface area (Å²) in [4.78, 5) is 16.5. The van der Waals surface area contributed by atoms with Gasteiger partial charge in [0.05, 0.1) is 17.8 Å². The molecule has 0 saturated carbocycles. The summed E-state index contributed by atoms with van der Waals surface area (Å²) in [5, 5.41) is 8.76. The van der Waals surface area contributed by atoms with Crippen molar-refractivity contribution >= 4 is 17.4 Å². The molecule has 0 aliphatic heterocycles. The lowest BCUT2D eigenvalue weighted by Gasteiger charge is -2.27. The number of thiazole rings is 1. The van der Waals surface area contributed by atoms with Crippen molar-refractivity contribution in [3.05, 3.63) is 16.1 Å². The van der Waals surface area contributed by atoms with Crippen LogP contribution in [0.5, 0.6) is 0 Å². The number of amides is 2. The second-order valence-electron chi connectivity index (χ2n) is 7.27. The second kappa shape index (κ2) is 7.42. The number of carbonyl (C=O) groups excluding carboxylic acids is 1. The van der Waals surface area contributed by atoms with Crippen LogP contribution in [0.15, 0.2) is 5.38 Å². The second-order valence-corrected chi connectivity index (χ2v) is 8.22. The maximum Gasteiger partial charge on any atom is 0.315 e. The number of carbonyl (C=O) groups is 1. The molecule has 0 unspecified atom stereocenters. The molecule has 6 heteroatoms. The zero-order valence-electron chi connectivity index (χ0n) is 14.7. The summed E-state index contributed by atoms with van der Waals surface area (Å²) >= 11 is 1.58. The van der Waals surface area contributed by atoms with Crippen molar-refractivity contribution in [3.8, 4) is 0 Å². The van der Waals surface area contributed by atoms with Gasteiger partial charge in [0, 0.05) is 23.9 Å². The maximum atomic E-state index is 11.9. The number of hydrogen-bond acceptors (Lipinski definition) is 4. The summed E-state index contributed by atoms with van der Waals surface area (Å²) in [5.74, 6) is 0. The minimum Gasteiger partial charge on any atom is -0.379 e. The van der Waals surface area contributed by atoms with Crippen molar-refractivity contribution in [2.24, 2.45) is 0 Å². The zero-order chi connectivity index (χ0) is 17.0. The van der Waals surface area contributed by atoms with E-state index in [9.17, 15) is 4.79 Å². The van der Waals surface area contributed by atoms with Crippen molar-refractivity contribution in [2.75, 3.05) is 7.11 Å². The maximum absolute atomic E-state index is 11.9. The number of nitrogens with one attached hydrogen (secondary N) is 2. The van der Waals surface area contributed by atoms with E-state index in [0.29, 0.717) is 6.54 Å². The fraction of sp³-hybridized carbons (Fsp3) is 0.750. The van der Waals surface area contributed by atoms with E-state index in [-0.39, 0.29) is 23.1 Å². The van der Waals surface area contributed by atoms with Crippen LogP contribution in [0.3, 0.4) is 0 Å². The highest BCUT2D eigenvalue weighted by molar-refractivity contribution is 7.09. The molecule has 1 aromatic heterocycles. The Morgan fingerprint density at radius 2 is 2.00 bits per heavy atom. The Bertz CT molecular complexity index is 492. The van der Waals surface area contributed by atoms with E-state index < -0.39 is 0 Å². The Balaban J connectivity index is 2.42. The molecular weight excluding hydrogens is 298 g/mol. The number of aromatic nitrogens is 1. The van der Waals surface area contributed by atoms with Crippen molar-refractivity contribution in [3.63, 3.8) is 0 Å². The number of rotatable bonds is 6. The summed E-state index contributed by atoms with van der Waals surface area (Å²) in [6.45, 7) is 12.8. The van der Waals surface area contributed by atoms with Crippen LogP contribution in [-0.4, -0.2) is 29.8 Å². The highest BCUT2D eigenvalue weighted by Crippen LogP contribution is 2.23. The van der Waals surface area contributed by atoms with E-state index in [4.69, 9.17) is 4.74 Å². The Labute approximate surface area is 137 Å². The summed E-state index contributed by atoms with van der Waals surface area (Å²) < 4.78 is 5.37. The van der Waals surface area contributed by atoms with Crippen molar-refractivity contribution < 1.29 is 9.53 Å². The lowest BCUT2D eigenvalue weighted by atomic mass is 9.93. The molecule has 0 saturated heterocycles. The summed E-state index contributed by atoms with van der Waals surface area (Å²) in [6.07, 6.45) is 0.752. The highest BCUT2D eigenvalue weighted by atomic mass is 32.1. The van der Waals surface area contributed by atoms with Crippen LogP contribution in [0.4, 0.5) is 4.79 Å². The molecule has 2 amide bonds. The van der Waals surface area contributed by atoms with Gasteiger partial charge in [-0.05, 0) is 27.2 Å². The van der Waals surface area contributed by atoms with Crippen LogP contribution in [0.25, 0.3) is 0 Å². The van der Waals surface area contributed by atoms with E-state index in [2.05, 4.69) is 41.8 Å². The third kappa shape index (κ3) is 6.32. The molecule has 2 N–H and O–H groups in total. The molecule has 5 nitrogen and oxygen atoms in total. The molecule has 0 fully saturated rings. The summed E-state index contributed by atoms with van der Waals surface area (Å²) in [7, 11) is 1.68. The number of nitrogens with zero attached hydrogens (tertiary/aromatic N) is 1. The first-order chi connectivity index (χ1) is 10.0. The van der Waals surface area contributed by atoms with Gasteiger partial charge in [-0.2, -0.15) is 0 Å². The number of methoxy groups -OCH3 is 1.